The fourth-order valence-corrected chi connectivity index (χ4v) is 2.45. The van der Waals surface area contributed by atoms with Crippen molar-refractivity contribution in [3.05, 3.63) is 46.0 Å². The molecule has 0 aliphatic rings. The average molecular weight is 290 g/mol. The van der Waals surface area contributed by atoms with Crippen LogP contribution in [0.5, 0.6) is 0 Å². The second kappa shape index (κ2) is 4.56. The monoisotopic (exact) mass is 289 g/mol. The second-order valence-electron chi connectivity index (χ2n) is 4.86. The standard InChI is InChI=1S/C15H13ClFN3/c1-7-8(2)18-15-13(7)9(3)19-14(20-15)10-4-5-11(16)12(17)6-10/h4-6H,1-3H3,(H,18,19,20). The van der Waals surface area contributed by atoms with E-state index in [9.17, 15) is 4.39 Å². The van der Waals surface area contributed by atoms with Gasteiger partial charge >= 0.3 is 0 Å². The molecular weight excluding hydrogens is 277 g/mol. The molecule has 1 N–H and O–H groups in total. The summed E-state index contributed by atoms with van der Waals surface area (Å²) in [6.07, 6.45) is 0. The summed E-state index contributed by atoms with van der Waals surface area (Å²) in [5, 5.41) is 1.12. The largest absolute Gasteiger partial charge is 0.343 e. The number of hydrogen-bond acceptors (Lipinski definition) is 2. The maximum absolute atomic E-state index is 13.6. The molecule has 0 bridgehead atoms. The number of aromatic amines is 1. The van der Waals surface area contributed by atoms with Crippen LogP contribution in [0.1, 0.15) is 17.0 Å². The van der Waals surface area contributed by atoms with Crippen molar-refractivity contribution in [2.75, 3.05) is 0 Å². The van der Waals surface area contributed by atoms with E-state index in [1.165, 1.54) is 12.1 Å². The molecule has 0 unspecified atom stereocenters. The van der Waals surface area contributed by atoms with Crippen molar-refractivity contribution >= 4 is 22.6 Å². The van der Waals surface area contributed by atoms with E-state index in [-0.39, 0.29) is 5.02 Å². The number of aryl methyl sites for hydroxylation is 3. The Morgan fingerprint density at radius 1 is 1.15 bits per heavy atom. The first-order chi connectivity index (χ1) is 9.47. The van der Waals surface area contributed by atoms with E-state index in [1.807, 2.05) is 20.8 Å². The number of nitrogens with one attached hydrogen (secondary N) is 1. The highest BCUT2D eigenvalue weighted by molar-refractivity contribution is 6.30. The maximum Gasteiger partial charge on any atom is 0.161 e. The van der Waals surface area contributed by atoms with Crippen molar-refractivity contribution < 1.29 is 4.39 Å². The van der Waals surface area contributed by atoms with Gasteiger partial charge in [-0.1, -0.05) is 11.6 Å². The molecule has 20 heavy (non-hydrogen) atoms. The zero-order chi connectivity index (χ0) is 14.4. The fourth-order valence-electron chi connectivity index (χ4n) is 2.34. The quantitative estimate of drug-likeness (QED) is 0.724. The molecule has 0 atom stereocenters. The van der Waals surface area contributed by atoms with Gasteiger partial charge in [-0.25, -0.2) is 14.4 Å². The third-order valence-corrected chi connectivity index (χ3v) is 3.82. The summed E-state index contributed by atoms with van der Waals surface area (Å²) in [4.78, 5) is 12.2. The molecule has 0 radical (unpaired) electrons. The molecule has 0 aliphatic heterocycles. The zero-order valence-corrected chi connectivity index (χ0v) is 12.1. The molecule has 1 aromatic carbocycles. The van der Waals surface area contributed by atoms with Gasteiger partial charge in [0.05, 0.1) is 10.7 Å². The van der Waals surface area contributed by atoms with Crippen LogP contribution < -0.4 is 0 Å². The number of nitrogens with zero attached hydrogens (tertiary/aromatic N) is 2. The molecule has 2 heterocycles. The van der Waals surface area contributed by atoms with Crippen LogP contribution in [-0.4, -0.2) is 15.0 Å². The van der Waals surface area contributed by atoms with Crippen molar-refractivity contribution in [1.82, 2.24) is 15.0 Å². The number of aromatic nitrogens is 3. The minimum absolute atomic E-state index is 0.0955. The lowest BCUT2D eigenvalue weighted by molar-refractivity contribution is 0.628. The first kappa shape index (κ1) is 13.1. The molecule has 0 spiro atoms. The molecule has 3 rings (SSSR count). The maximum atomic E-state index is 13.6. The van der Waals surface area contributed by atoms with Crippen molar-refractivity contribution in [3.8, 4) is 11.4 Å². The summed E-state index contributed by atoms with van der Waals surface area (Å²) in [6.45, 7) is 5.96. The number of halogens is 2. The Kier molecular flexibility index (Phi) is 2.98. The third-order valence-electron chi connectivity index (χ3n) is 3.51. The predicted molar refractivity (Wildman–Crippen MR) is 78.5 cm³/mol. The lowest BCUT2D eigenvalue weighted by Gasteiger charge is -2.04. The molecule has 0 saturated heterocycles. The first-order valence-corrected chi connectivity index (χ1v) is 6.64. The Bertz CT molecular complexity index is 824. The normalized spacial score (nSPS) is 11.2. The Balaban J connectivity index is 2.24. The Labute approximate surface area is 120 Å². The molecule has 3 aromatic rings. The summed E-state index contributed by atoms with van der Waals surface area (Å²) < 4.78 is 13.6. The van der Waals surface area contributed by atoms with E-state index in [1.54, 1.807) is 6.07 Å². The van der Waals surface area contributed by atoms with Crippen LogP contribution in [0.4, 0.5) is 4.39 Å². The molecule has 102 valence electrons. The van der Waals surface area contributed by atoms with Gasteiger partial charge in [0, 0.05) is 16.6 Å². The van der Waals surface area contributed by atoms with Crippen LogP contribution in [0, 0.1) is 26.6 Å². The van der Waals surface area contributed by atoms with Crippen LogP contribution in [0.2, 0.25) is 5.02 Å². The van der Waals surface area contributed by atoms with Gasteiger partial charge in [0.25, 0.3) is 0 Å². The van der Waals surface area contributed by atoms with Gasteiger partial charge in [-0.05, 0) is 44.5 Å². The topological polar surface area (TPSA) is 41.6 Å². The third kappa shape index (κ3) is 1.96. The van der Waals surface area contributed by atoms with E-state index in [2.05, 4.69) is 15.0 Å². The average Bonchev–Trinajstić information content (AvgIpc) is 2.68. The summed E-state index contributed by atoms with van der Waals surface area (Å²) in [6, 6.07) is 4.58. The van der Waals surface area contributed by atoms with E-state index in [0.29, 0.717) is 11.4 Å². The van der Waals surface area contributed by atoms with Crippen molar-refractivity contribution in [3.63, 3.8) is 0 Å². The molecule has 0 fully saturated rings. The predicted octanol–water partition coefficient (Wildman–Crippen LogP) is 4.34. The Morgan fingerprint density at radius 2 is 1.90 bits per heavy atom. The Hall–Kier alpha value is -1.94. The van der Waals surface area contributed by atoms with Crippen molar-refractivity contribution in [1.29, 1.82) is 0 Å². The summed E-state index contributed by atoms with van der Waals surface area (Å²) in [7, 11) is 0. The highest BCUT2D eigenvalue weighted by Crippen LogP contribution is 2.27. The molecule has 5 heteroatoms. The molecule has 0 aliphatic carbocycles. The summed E-state index contributed by atoms with van der Waals surface area (Å²) in [5.41, 5.74) is 4.48. The number of fused-ring (bicyclic) bond motifs is 1. The van der Waals surface area contributed by atoms with Gasteiger partial charge < -0.3 is 4.98 Å². The summed E-state index contributed by atoms with van der Waals surface area (Å²) in [5.74, 6) is 0.0242. The SMILES string of the molecule is Cc1[nH]c2nc(-c3ccc(Cl)c(F)c3)nc(C)c2c1C. The Morgan fingerprint density at radius 3 is 2.60 bits per heavy atom. The number of benzene rings is 1. The van der Waals surface area contributed by atoms with Crippen LogP contribution in [-0.2, 0) is 0 Å². The number of rotatable bonds is 1. The van der Waals surface area contributed by atoms with E-state index in [4.69, 9.17) is 11.6 Å². The molecule has 3 nitrogen and oxygen atoms in total. The van der Waals surface area contributed by atoms with E-state index < -0.39 is 5.82 Å². The van der Waals surface area contributed by atoms with Crippen molar-refractivity contribution in [2.24, 2.45) is 0 Å². The lowest BCUT2D eigenvalue weighted by Crippen LogP contribution is -1.94. The fraction of sp³-hybridized carbons (Fsp3) is 0.200. The smallest absolute Gasteiger partial charge is 0.161 e. The molecule has 0 saturated carbocycles. The van der Waals surface area contributed by atoms with E-state index in [0.717, 1.165) is 28.0 Å². The lowest BCUT2D eigenvalue weighted by atomic mass is 10.1. The van der Waals surface area contributed by atoms with Gasteiger partial charge in [0.1, 0.15) is 11.5 Å². The number of hydrogen-bond donors (Lipinski definition) is 1. The van der Waals surface area contributed by atoms with Gasteiger partial charge in [-0.15, -0.1) is 0 Å². The number of H-pyrrole nitrogens is 1. The highest BCUT2D eigenvalue weighted by Gasteiger charge is 2.13. The minimum atomic E-state index is -0.468. The molecule has 0 amide bonds. The highest BCUT2D eigenvalue weighted by atomic mass is 35.5. The van der Waals surface area contributed by atoms with Gasteiger partial charge in [0.2, 0.25) is 0 Å². The van der Waals surface area contributed by atoms with E-state index >= 15 is 0 Å². The first-order valence-electron chi connectivity index (χ1n) is 6.26. The molecular formula is C15H13ClFN3. The molecule has 2 aromatic heterocycles. The van der Waals surface area contributed by atoms with Gasteiger partial charge in [0.15, 0.2) is 5.82 Å². The van der Waals surface area contributed by atoms with Crippen molar-refractivity contribution in [2.45, 2.75) is 20.8 Å². The van der Waals surface area contributed by atoms with Crippen LogP contribution in [0.15, 0.2) is 18.2 Å². The van der Waals surface area contributed by atoms with Crippen LogP contribution >= 0.6 is 11.6 Å². The zero-order valence-electron chi connectivity index (χ0n) is 11.4. The van der Waals surface area contributed by atoms with Gasteiger partial charge in [-0.3, -0.25) is 0 Å². The van der Waals surface area contributed by atoms with Gasteiger partial charge in [-0.2, -0.15) is 0 Å². The van der Waals surface area contributed by atoms with Crippen LogP contribution in [0.3, 0.4) is 0 Å². The summed E-state index contributed by atoms with van der Waals surface area (Å²) >= 11 is 5.70. The second-order valence-corrected chi connectivity index (χ2v) is 5.27. The van der Waals surface area contributed by atoms with Crippen LogP contribution in [0.25, 0.3) is 22.4 Å². The minimum Gasteiger partial charge on any atom is -0.343 e.